The van der Waals surface area contributed by atoms with Crippen molar-refractivity contribution in [2.24, 2.45) is 5.92 Å². The summed E-state index contributed by atoms with van der Waals surface area (Å²) in [5, 5.41) is 16.1. The quantitative estimate of drug-likeness (QED) is 0.487. The van der Waals surface area contributed by atoms with Crippen molar-refractivity contribution in [3.8, 4) is 11.3 Å². The summed E-state index contributed by atoms with van der Waals surface area (Å²) < 4.78 is 4.73. The maximum absolute atomic E-state index is 11.6. The number of rotatable bonds is 8. The summed E-state index contributed by atoms with van der Waals surface area (Å²) in [6, 6.07) is 12.3. The molecule has 0 unspecified atom stereocenters. The molecule has 0 amide bonds. The van der Waals surface area contributed by atoms with E-state index in [0.717, 1.165) is 11.3 Å². The number of hydrogen-bond acceptors (Lipinski definition) is 8. The molecule has 8 nitrogen and oxygen atoms in total. The molecule has 30 heavy (non-hydrogen) atoms. The molecule has 0 bridgehead atoms. The number of benzene rings is 1. The Morgan fingerprint density at radius 2 is 1.80 bits per heavy atom. The van der Waals surface area contributed by atoms with E-state index in [1.807, 2.05) is 32.0 Å². The average molecular weight is 407 g/mol. The number of hydrogen-bond donors (Lipinski definition) is 3. The zero-order valence-corrected chi connectivity index (χ0v) is 17.2. The highest BCUT2D eigenvalue weighted by Crippen LogP contribution is 2.24. The van der Waals surface area contributed by atoms with Crippen LogP contribution in [0.1, 0.15) is 24.2 Å². The van der Waals surface area contributed by atoms with Crippen LogP contribution in [0, 0.1) is 5.92 Å². The number of carbonyl (C=O) groups is 1. The number of methoxy groups -OCH3 is 1. The fourth-order valence-corrected chi connectivity index (χ4v) is 2.79. The molecule has 0 aliphatic heterocycles. The molecule has 0 fully saturated rings. The highest BCUT2D eigenvalue weighted by atomic mass is 16.5. The van der Waals surface area contributed by atoms with E-state index in [2.05, 4.69) is 25.6 Å². The first-order valence-electron chi connectivity index (χ1n) is 9.62. The average Bonchev–Trinajstić information content (AvgIpc) is 2.77. The van der Waals surface area contributed by atoms with Crippen molar-refractivity contribution in [2.45, 2.75) is 19.9 Å². The molecule has 0 spiro atoms. The molecule has 0 aliphatic carbocycles. The third kappa shape index (κ3) is 5.30. The van der Waals surface area contributed by atoms with E-state index in [4.69, 9.17) is 4.74 Å². The van der Waals surface area contributed by atoms with Gasteiger partial charge < -0.3 is 20.5 Å². The number of nitrogens with zero attached hydrogens (tertiary/aromatic N) is 3. The van der Waals surface area contributed by atoms with E-state index in [1.54, 1.807) is 36.7 Å². The summed E-state index contributed by atoms with van der Waals surface area (Å²) >= 11 is 0. The zero-order valence-electron chi connectivity index (χ0n) is 17.2. The Bertz CT molecular complexity index is 978. The van der Waals surface area contributed by atoms with Crippen LogP contribution in [0.5, 0.6) is 0 Å². The highest BCUT2D eigenvalue weighted by molar-refractivity contribution is 5.89. The minimum absolute atomic E-state index is 0.0295. The van der Waals surface area contributed by atoms with Gasteiger partial charge >= 0.3 is 5.97 Å². The number of carbonyl (C=O) groups excluding carboxylic acids is 1. The molecule has 156 valence electrons. The van der Waals surface area contributed by atoms with Crippen molar-refractivity contribution in [3.05, 3.63) is 60.4 Å². The first kappa shape index (κ1) is 21.2. The Hall–Kier alpha value is -3.52. The normalized spacial score (nSPS) is 11.8. The van der Waals surface area contributed by atoms with Gasteiger partial charge in [-0.2, -0.15) is 4.98 Å². The van der Waals surface area contributed by atoms with Crippen LogP contribution >= 0.6 is 0 Å². The van der Waals surface area contributed by atoms with E-state index in [1.165, 1.54) is 7.11 Å². The van der Waals surface area contributed by atoms with Crippen molar-refractivity contribution in [2.75, 3.05) is 24.4 Å². The minimum atomic E-state index is -0.390. The van der Waals surface area contributed by atoms with E-state index in [-0.39, 0.29) is 18.6 Å². The molecule has 3 N–H and O–H groups in total. The molecular formula is C22H25N5O3. The van der Waals surface area contributed by atoms with Crippen molar-refractivity contribution in [3.63, 3.8) is 0 Å². The van der Waals surface area contributed by atoms with Crippen molar-refractivity contribution < 1.29 is 14.6 Å². The monoisotopic (exact) mass is 407 g/mol. The van der Waals surface area contributed by atoms with Gasteiger partial charge in [-0.1, -0.05) is 13.8 Å². The molecule has 0 saturated carbocycles. The summed E-state index contributed by atoms with van der Waals surface area (Å²) in [6.07, 6.45) is 3.40. The highest BCUT2D eigenvalue weighted by Gasteiger charge is 2.15. The van der Waals surface area contributed by atoms with Crippen LogP contribution in [-0.4, -0.2) is 45.8 Å². The van der Waals surface area contributed by atoms with Crippen molar-refractivity contribution in [1.29, 1.82) is 0 Å². The molecule has 0 aliphatic rings. The molecule has 0 radical (unpaired) electrons. The van der Waals surface area contributed by atoms with Gasteiger partial charge in [-0.3, -0.25) is 4.98 Å². The van der Waals surface area contributed by atoms with Gasteiger partial charge in [0.2, 0.25) is 5.95 Å². The van der Waals surface area contributed by atoms with E-state index in [9.17, 15) is 9.90 Å². The van der Waals surface area contributed by atoms with Gasteiger partial charge in [-0.15, -0.1) is 0 Å². The Balaban J connectivity index is 1.92. The Kier molecular flexibility index (Phi) is 6.92. The molecule has 1 atom stereocenters. The zero-order chi connectivity index (χ0) is 21.5. The molecule has 3 aromatic rings. The summed E-state index contributed by atoms with van der Waals surface area (Å²) in [5.74, 6) is 0.792. The van der Waals surface area contributed by atoms with Crippen molar-refractivity contribution >= 4 is 23.4 Å². The first-order chi connectivity index (χ1) is 14.5. The fraction of sp³-hybridized carbons (Fsp3) is 0.273. The Morgan fingerprint density at radius 1 is 1.10 bits per heavy atom. The fourth-order valence-electron chi connectivity index (χ4n) is 2.79. The number of pyridine rings is 1. The van der Waals surface area contributed by atoms with Crippen LogP contribution in [0.2, 0.25) is 0 Å². The van der Waals surface area contributed by atoms with Gasteiger partial charge in [0, 0.05) is 29.7 Å². The first-order valence-corrected chi connectivity index (χ1v) is 9.62. The second-order valence-corrected chi connectivity index (χ2v) is 7.07. The molecule has 3 rings (SSSR count). The number of nitrogens with one attached hydrogen (secondary N) is 2. The number of ether oxygens (including phenoxy) is 1. The lowest BCUT2D eigenvalue weighted by Crippen LogP contribution is -2.30. The number of esters is 1. The van der Waals surface area contributed by atoms with Crippen LogP contribution in [-0.2, 0) is 4.74 Å². The third-order valence-corrected chi connectivity index (χ3v) is 4.60. The predicted octanol–water partition coefficient (Wildman–Crippen LogP) is 3.50. The largest absolute Gasteiger partial charge is 0.465 e. The van der Waals surface area contributed by atoms with Crippen LogP contribution < -0.4 is 10.6 Å². The second kappa shape index (κ2) is 9.80. The smallest absolute Gasteiger partial charge is 0.337 e. The number of aliphatic hydroxyl groups excluding tert-OH is 1. The van der Waals surface area contributed by atoms with Crippen LogP contribution in [0.4, 0.5) is 17.5 Å². The van der Waals surface area contributed by atoms with Gasteiger partial charge in [0.05, 0.1) is 31.0 Å². The predicted molar refractivity (Wildman–Crippen MR) is 116 cm³/mol. The van der Waals surface area contributed by atoms with Crippen LogP contribution in [0.3, 0.4) is 0 Å². The maximum Gasteiger partial charge on any atom is 0.337 e. The summed E-state index contributed by atoms with van der Waals surface area (Å²) in [6.45, 7) is 4.00. The molecule has 1 aromatic carbocycles. The summed E-state index contributed by atoms with van der Waals surface area (Å²) in [7, 11) is 1.35. The minimum Gasteiger partial charge on any atom is -0.465 e. The maximum atomic E-state index is 11.6. The lowest BCUT2D eigenvalue weighted by Gasteiger charge is -2.20. The molecule has 2 heterocycles. The van der Waals surface area contributed by atoms with E-state index >= 15 is 0 Å². The Morgan fingerprint density at radius 3 is 2.40 bits per heavy atom. The Labute approximate surface area is 175 Å². The molecule has 8 heteroatoms. The molecule has 2 aromatic heterocycles. The van der Waals surface area contributed by atoms with Gasteiger partial charge in [-0.25, -0.2) is 9.78 Å². The topological polar surface area (TPSA) is 109 Å². The van der Waals surface area contributed by atoms with Crippen LogP contribution in [0.15, 0.2) is 54.9 Å². The third-order valence-electron chi connectivity index (χ3n) is 4.60. The SMILES string of the molecule is COC(=O)c1ccc(Nc2cc(-c3ccncc3)nc(N[C@@H](CO)C(C)C)n2)cc1. The van der Waals surface area contributed by atoms with E-state index in [0.29, 0.717) is 23.0 Å². The lowest BCUT2D eigenvalue weighted by molar-refractivity contribution is 0.0601. The number of aliphatic hydroxyl groups is 1. The van der Waals surface area contributed by atoms with Gasteiger partial charge in [0.15, 0.2) is 0 Å². The van der Waals surface area contributed by atoms with Gasteiger partial charge in [0.25, 0.3) is 0 Å². The standard InChI is InChI=1S/C22H25N5O3/c1-14(2)19(13-28)26-22-25-18(15-8-10-23-11-9-15)12-20(27-22)24-17-6-4-16(5-7-17)21(29)30-3/h4-12,14,19,28H,13H2,1-3H3,(H2,24,25,26,27)/t19-/m0/s1. The number of aromatic nitrogens is 3. The summed E-state index contributed by atoms with van der Waals surface area (Å²) in [4.78, 5) is 24.8. The summed E-state index contributed by atoms with van der Waals surface area (Å²) in [5.41, 5.74) is 2.83. The lowest BCUT2D eigenvalue weighted by atomic mass is 10.1. The van der Waals surface area contributed by atoms with Gasteiger partial charge in [0.1, 0.15) is 5.82 Å². The van der Waals surface area contributed by atoms with Gasteiger partial charge in [-0.05, 0) is 42.3 Å². The number of anilines is 3. The van der Waals surface area contributed by atoms with Crippen molar-refractivity contribution in [1.82, 2.24) is 15.0 Å². The second-order valence-electron chi connectivity index (χ2n) is 7.07. The molecule has 0 saturated heterocycles. The molecular weight excluding hydrogens is 382 g/mol. The van der Waals surface area contributed by atoms with Crippen LogP contribution in [0.25, 0.3) is 11.3 Å². The van der Waals surface area contributed by atoms with E-state index < -0.39 is 5.97 Å².